The SMILES string of the molecule is CCOc1cc(C#N)ccc1OCc1ccccc1Br. The first-order valence-corrected chi connectivity index (χ1v) is 7.07. The van der Waals surface area contributed by atoms with Gasteiger partial charge >= 0.3 is 0 Å². The summed E-state index contributed by atoms with van der Waals surface area (Å²) >= 11 is 3.49. The topological polar surface area (TPSA) is 42.2 Å². The molecule has 0 saturated carbocycles. The number of nitrogens with zero attached hydrogens (tertiary/aromatic N) is 1. The van der Waals surface area contributed by atoms with Crippen molar-refractivity contribution in [2.75, 3.05) is 6.61 Å². The molecule has 0 saturated heterocycles. The van der Waals surface area contributed by atoms with Crippen molar-refractivity contribution in [3.8, 4) is 17.6 Å². The lowest BCUT2D eigenvalue weighted by Gasteiger charge is -2.12. The molecule has 2 aromatic rings. The zero-order chi connectivity index (χ0) is 14.4. The van der Waals surface area contributed by atoms with Gasteiger partial charge in [0, 0.05) is 16.1 Å². The highest BCUT2D eigenvalue weighted by Crippen LogP contribution is 2.29. The van der Waals surface area contributed by atoms with Crippen LogP contribution in [0.4, 0.5) is 0 Å². The first-order chi connectivity index (χ1) is 9.74. The second-order valence-electron chi connectivity index (χ2n) is 4.09. The molecule has 2 aromatic carbocycles. The molecule has 0 aliphatic carbocycles. The number of benzene rings is 2. The Bertz CT molecular complexity index is 635. The molecule has 2 rings (SSSR count). The zero-order valence-electron chi connectivity index (χ0n) is 11.1. The van der Waals surface area contributed by atoms with E-state index in [0.717, 1.165) is 10.0 Å². The number of rotatable bonds is 5. The van der Waals surface area contributed by atoms with Crippen LogP contribution < -0.4 is 9.47 Å². The summed E-state index contributed by atoms with van der Waals surface area (Å²) < 4.78 is 12.3. The molecule has 0 unspecified atom stereocenters. The predicted molar refractivity (Wildman–Crippen MR) is 80.8 cm³/mol. The summed E-state index contributed by atoms with van der Waals surface area (Å²) in [7, 11) is 0. The summed E-state index contributed by atoms with van der Waals surface area (Å²) in [6.07, 6.45) is 0. The standard InChI is InChI=1S/C16H14BrNO2/c1-2-19-16-9-12(10-18)7-8-15(16)20-11-13-5-3-4-6-14(13)17/h3-9H,2,11H2,1H3. The van der Waals surface area contributed by atoms with E-state index in [9.17, 15) is 0 Å². The second kappa shape index (κ2) is 6.97. The van der Waals surface area contributed by atoms with E-state index in [0.29, 0.717) is 30.3 Å². The van der Waals surface area contributed by atoms with E-state index < -0.39 is 0 Å². The molecule has 0 spiro atoms. The molecule has 0 amide bonds. The van der Waals surface area contributed by atoms with Gasteiger partial charge < -0.3 is 9.47 Å². The number of halogens is 1. The Morgan fingerprint density at radius 3 is 2.60 bits per heavy atom. The van der Waals surface area contributed by atoms with Gasteiger partial charge in [-0.15, -0.1) is 0 Å². The Kier molecular flexibility index (Phi) is 5.03. The summed E-state index contributed by atoms with van der Waals surface area (Å²) in [5.41, 5.74) is 1.61. The Morgan fingerprint density at radius 2 is 1.90 bits per heavy atom. The van der Waals surface area contributed by atoms with E-state index in [1.54, 1.807) is 18.2 Å². The Hall–Kier alpha value is -1.99. The third-order valence-electron chi connectivity index (χ3n) is 2.71. The average molecular weight is 332 g/mol. The number of nitriles is 1. The third kappa shape index (κ3) is 3.52. The van der Waals surface area contributed by atoms with Gasteiger partial charge in [0.15, 0.2) is 11.5 Å². The molecule has 0 heterocycles. The van der Waals surface area contributed by atoms with Crippen molar-refractivity contribution in [3.63, 3.8) is 0 Å². The van der Waals surface area contributed by atoms with Crippen LogP contribution in [0.1, 0.15) is 18.1 Å². The first-order valence-electron chi connectivity index (χ1n) is 6.27. The van der Waals surface area contributed by atoms with Crippen LogP contribution in [0.5, 0.6) is 11.5 Å². The number of ether oxygens (including phenoxy) is 2. The molecule has 0 aromatic heterocycles. The maximum Gasteiger partial charge on any atom is 0.162 e. The quantitative estimate of drug-likeness (QED) is 0.820. The van der Waals surface area contributed by atoms with Crippen molar-refractivity contribution in [3.05, 3.63) is 58.1 Å². The molecule has 0 atom stereocenters. The molecule has 0 aliphatic rings. The van der Waals surface area contributed by atoms with Gasteiger partial charge in [-0.2, -0.15) is 5.26 Å². The van der Waals surface area contributed by atoms with Crippen LogP contribution in [-0.2, 0) is 6.61 Å². The molecule has 20 heavy (non-hydrogen) atoms. The van der Waals surface area contributed by atoms with Crippen molar-refractivity contribution in [2.24, 2.45) is 0 Å². The zero-order valence-corrected chi connectivity index (χ0v) is 12.7. The smallest absolute Gasteiger partial charge is 0.162 e. The predicted octanol–water partition coefficient (Wildman–Crippen LogP) is 4.30. The fraction of sp³-hybridized carbons (Fsp3) is 0.188. The van der Waals surface area contributed by atoms with Crippen LogP contribution in [0.15, 0.2) is 46.9 Å². The van der Waals surface area contributed by atoms with Crippen molar-refractivity contribution in [1.29, 1.82) is 5.26 Å². The van der Waals surface area contributed by atoms with Gasteiger partial charge in [0.1, 0.15) is 6.61 Å². The lowest BCUT2D eigenvalue weighted by atomic mass is 10.2. The summed E-state index contributed by atoms with van der Waals surface area (Å²) in [5, 5.41) is 8.91. The molecule has 3 nitrogen and oxygen atoms in total. The van der Waals surface area contributed by atoms with Crippen LogP contribution in [0.2, 0.25) is 0 Å². The van der Waals surface area contributed by atoms with Gasteiger partial charge in [-0.1, -0.05) is 34.1 Å². The summed E-state index contributed by atoms with van der Waals surface area (Å²) in [6.45, 7) is 2.87. The van der Waals surface area contributed by atoms with Gasteiger partial charge in [0.05, 0.1) is 18.2 Å². The van der Waals surface area contributed by atoms with E-state index in [2.05, 4.69) is 22.0 Å². The van der Waals surface area contributed by atoms with Crippen LogP contribution in [-0.4, -0.2) is 6.61 Å². The maximum atomic E-state index is 8.91. The molecular formula is C16H14BrNO2. The van der Waals surface area contributed by atoms with Crippen LogP contribution >= 0.6 is 15.9 Å². The second-order valence-corrected chi connectivity index (χ2v) is 4.94. The van der Waals surface area contributed by atoms with E-state index in [4.69, 9.17) is 14.7 Å². The monoisotopic (exact) mass is 331 g/mol. The van der Waals surface area contributed by atoms with E-state index >= 15 is 0 Å². The maximum absolute atomic E-state index is 8.91. The minimum Gasteiger partial charge on any atom is -0.490 e. The summed E-state index contributed by atoms with van der Waals surface area (Å²) in [4.78, 5) is 0. The highest BCUT2D eigenvalue weighted by atomic mass is 79.9. The normalized spacial score (nSPS) is 9.85. The fourth-order valence-corrected chi connectivity index (χ4v) is 2.14. The fourth-order valence-electron chi connectivity index (χ4n) is 1.74. The van der Waals surface area contributed by atoms with Crippen molar-refractivity contribution in [2.45, 2.75) is 13.5 Å². The molecule has 0 N–H and O–H groups in total. The third-order valence-corrected chi connectivity index (χ3v) is 3.49. The van der Waals surface area contributed by atoms with Gasteiger partial charge in [-0.25, -0.2) is 0 Å². The van der Waals surface area contributed by atoms with Crippen LogP contribution in [0.25, 0.3) is 0 Å². The van der Waals surface area contributed by atoms with E-state index in [1.165, 1.54) is 0 Å². The Morgan fingerprint density at radius 1 is 1.10 bits per heavy atom. The highest BCUT2D eigenvalue weighted by Gasteiger charge is 2.07. The summed E-state index contributed by atoms with van der Waals surface area (Å²) in [5.74, 6) is 1.24. The van der Waals surface area contributed by atoms with Crippen LogP contribution in [0, 0.1) is 11.3 Å². The molecule has 0 aliphatic heterocycles. The van der Waals surface area contributed by atoms with Crippen molar-refractivity contribution >= 4 is 15.9 Å². The lowest BCUT2D eigenvalue weighted by molar-refractivity contribution is 0.269. The molecule has 102 valence electrons. The molecule has 0 bridgehead atoms. The van der Waals surface area contributed by atoms with Crippen LogP contribution in [0.3, 0.4) is 0 Å². The van der Waals surface area contributed by atoms with Crippen molar-refractivity contribution < 1.29 is 9.47 Å². The van der Waals surface area contributed by atoms with Crippen molar-refractivity contribution in [1.82, 2.24) is 0 Å². The average Bonchev–Trinajstić information content (AvgIpc) is 2.47. The van der Waals surface area contributed by atoms with Gasteiger partial charge in [0.25, 0.3) is 0 Å². The van der Waals surface area contributed by atoms with E-state index in [1.807, 2.05) is 31.2 Å². The molecule has 0 fully saturated rings. The van der Waals surface area contributed by atoms with Gasteiger partial charge in [-0.3, -0.25) is 0 Å². The summed E-state index contributed by atoms with van der Waals surface area (Å²) in [6, 6.07) is 15.2. The molecular weight excluding hydrogens is 318 g/mol. The largest absolute Gasteiger partial charge is 0.490 e. The van der Waals surface area contributed by atoms with Gasteiger partial charge in [-0.05, 0) is 25.1 Å². The number of hydrogen-bond donors (Lipinski definition) is 0. The molecule has 0 radical (unpaired) electrons. The Labute approximate surface area is 126 Å². The molecule has 4 heteroatoms. The minimum absolute atomic E-state index is 0.438. The van der Waals surface area contributed by atoms with E-state index in [-0.39, 0.29) is 0 Å². The highest BCUT2D eigenvalue weighted by molar-refractivity contribution is 9.10. The Balaban J connectivity index is 2.17. The first kappa shape index (κ1) is 14.4. The minimum atomic E-state index is 0.438. The number of hydrogen-bond acceptors (Lipinski definition) is 3. The lowest BCUT2D eigenvalue weighted by Crippen LogP contribution is -2.00. The van der Waals surface area contributed by atoms with Gasteiger partial charge in [0.2, 0.25) is 0 Å².